The summed E-state index contributed by atoms with van der Waals surface area (Å²) in [6.07, 6.45) is 4.56. The van der Waals surface area contributed by atoms with Crippen LogP contribution in [0.2, 0.25) is 0 Å². The molecule has 2 heterocycles. The minimum atomic E-state index is 0.677. The molecule has 0 saturated carbocycles. The quantitative estimate of drug-likeness (QED) is 0.764. The van der Waals surface area contributed by atoms with Crippen molar-refractivity contribution >= 4 is 11.3 Å². The molecule has 17 heavy (non-hydrogen) atoms. The van der Waals surface area contributed by atoms with Crippen LogP contribution < -0.4 is 10.1 Å². The van der Waals surface area contributed by atoms with E-state index in [1.165, 1.54) is 4.88 Å². The lowest BCUT2D eigenvalue weighted by Crippen LogP contribution is -2.23. The van der Waals surface area contributed by atoms with E-state index in [9.17, 15) is 0 Å². The van der Waals surface area contributed by atoms with Crippen molar-refractivity contribution in [2.24, 2.45) is 0 Å². The Hall–Kier alpha value is -1.39. The van der Waals surface area contributed by atoms with Gasteiger partial charge in [-0.05, 0) is 30.0 Å². The van der Waals surface area contributed by atoms with Gasteiger partial charge < -0.3 is 10.1 Å². The fourth-order valence-corrected chi connectivity index (χ4v) is 2.17. The highest BCUT2D eigenvalue weighted by Gasteiger charge is 1.94. The molecule has 3 nitrogen and oxygen atoms in total. The van der Waals surface area contributed by atoms with Crippen molar-refractivity contribution in [1.82, 2.24) is 10.3 Å². The molecule has 0 unspecified atom stereocenters. The van der Waals surface area contributed by atoms with E-state index in [4.69, 9.17) is 4.74 Å². The Morgan fingerprint density at radius 2 is 2.24 bits per heavy atom. The van der Waals surface area contributed by atoms with Gasteiger partial charge in [0.2, 0.25) is 0 Å². The Bertz CT molecular complexity index is 403. The number of hydrogen-bond donors (Lipinski definition) is 1. The molecule has 0 aromatic carbocycles. The first-order valence-corrected chi connectivity index (χ1v) is 6.59. The molecule has 0 atom stereocenters. The number of nitrogens with one attached hydrogen (secondary N) is 1. The summed E-state index contributed by atoms with van der Waals surface area (Å²) in [4.78, 5) is 5.41. The minimum absolute atomic E-state index is 0.677. The van der Waals surface area contributed by atoms with Crippen LogP contribution in [-0.4, -0.2) is 24.7 Å². The fourth-order valence-electron chi connectivity index (χ4n) is 1.46. The summed E-state index contributed by atoms with van der Waals surface area (Å²) in [6, 6.07) is 8.04. The van der Waals surface area contributed by atoms with Gasteiger partial charge in [-0.15, -0.1) is 11.3 Å². The van der Waals surface area contributed by atoms with Gasteiger partial charge in [0.05, 0.1) is 6.20 Å². The van der Waals surface area contributed by atoms with Crippen LogP contribution in [0.25, 0.3) is 0 Å². The molecule has 0 bridgehead atoms. The van der Waals surface area contributed by atoms with Crippen molar-refractivity contribution in [3.63, 3.8) is 0 Å². The van der Waals surface area contributed by atoms with E-state index in [2.05, 4.69) is 27.8 Å². The second-order valence-corrected chi connectivity index (χ2v) is 4.65. The molecule has 0 aliphatic heterocycles. The average molecular weight is 248 g/mol. The van der Waals surface area contributed by atoms with E-state index >= 15 is 0 Å². The summed E-state index contributed by atoms with van der Waals surface area (Å²) in [5.41, 5.74) is 0. The lowest BCUT2D eigenvalue weighted by atomic mass is 10.3. The van der Waals surface area contributed by atoms with Gasteiger partial charge in [0.1, 0.15) is 12.4 Å². The third kappa shape index (κ3) is 4.54. The van der Waals surface area contributed by atoms with Crippen molar-refractivity contribution < 1.29 is 4.74 Å². The molecule has 0 radical (unpaired) electrons. The molecule has 2 aromatic heterocycles. The summed E-state index contributed by atoms with van der Waals surface area (Å²) in [5, 5.41) is 5.47. The predicted molar refractivity (Wildman–Crippen MR) is 70.6 cm³/mol. The molecule has 0 aliphatic rings. The van der Waals surface area contributed by atoms with Crippen molar-refractivity contribution in [1.29, 1.82) is 0 Å². The van der Waals surface area contributed by atoms with Crippen LogP contribution in [0.15, 0.2) is 42.0 Å². The fraction of sp³-hybridized carbons (Fsp3) is 0.308. The highest BCUT2D eigenvalue weighted by Crippen LogP contribution is 2.08. The lowest BCUT2D eigenvalue weighted by Gasteiger charge is -2.06. The van der Waals surface area contributed by atoms with Crippen LogP contribution in [0.4, 0.5) is 0 Å². The van der Waals surface area contributed by atoms with Crippen LogP contribution in [0.3, 0.4) is 0 Å². The highest BCUT2D eigenvalue weighted by molar-refractivity contribution is 7.09. The zero-order valence-electron chi connectivity index (χ0n) is 9.63. The van der Waals surface area contributed by atoms with Gasteiger partial charge in [-0.25, -0.2) is 0 Å². The number of hydrogen-bond acceptors (Lipinski definition) is 4. The maximum Gasteiger partial charge on any atom is 0.137 e. The normalized spacial score (nSPS) is 10.4. The minimum Gasteiger partial charge on any atom is -0.491 e. The van der Waals surface area contributed by atoms with E-state index in [1.54, 1.807) is 23.7 Å². The Morgan fingerprint density at radius 3 is 3.00 bits per heavy atom. The number of aromatic nitrogens is 1. The third-order valence-corrected chi connectivity index (χ3v) is 3.25. The van der Waals surface area contributed by atoms with Crippen LogP contribution in [0.5, 0.6) is 5.75 Å². The Kier molecular flexibility index (Phi) is 5.00. The van der Waals surface area contributed by atoms with Gasteiger partial charge in [-0.3, -0.25) is 4.98 Å². The standard InChI is InChI=1S/C13H16N2OS/c1-3-12(11-15-6-1)16-9-8-14-7-5-13-4-2-10-17-13/h1-4,6,10-11,14H,5,7-9H2. The molecule has 0 aliphatic carbocycles. The van der Waals surface area contributed by atoms with Gasteiger partial charge in [-0.1, -0.05) is 6.07 Å². The zero-order valence-corrected chi connectivity index (χ0v) is 10.5. The first-order valence-electron chi connectivity index (χ1n) is 5.71. The van der Waals surface area contributed by atoms with Crippen molar-refractivity contribution in [3.05, 3.63) is 46.9 Å². The molecule has 0 spiro atoms. The largest absolute Gasteiger partial charge is 0.491 e. The van der Waals surface area contributed by atoms with E-state index in [0.29, 0.717) is 6.61 Å². The number of ether oxygens (including phenoxy) is 1. The van der Waals surface area contributed by atoms with Gasteiger partial charge in [-0.2, -0.15) is 0 Å². The van der Waals surface area contributed by atoms with E-state index in [-0.39, 0.29) is 0 Å². The van der Waals surface area contributed by atoms with Gasteiger partial charge >= 0.3 is 0 Å². The topological polar surface area (TPSA) is 34.1 Å². The van der Waals surface area contributed by atoms with E-state index < -0.39 is 0 Å². The summed E-state index contributed by atoms with van der Waals surface area (Å²) >= 11 is 1.80. The van der Waals surface area contributed by atoms with Gasteiger partial charge in [0.25, 0.3) is 0 Å². The molecule has 90 valence electrons. The van der Waals surface area contributed by atoms with Crippen LogP contribution >= 0.6 is 11.3 Å². The number of nitrogens with zero attached hydrogens (tertiary/aromatic N) is 1. The molecule has 0 fully saturated rings. The van der Waals surface area contributed by atoms with Crippen molar-refractivity contribution in [2.75, 3.05) is 19.7 Å². The first-order chi connectivity index (χ1) is 8.45. The monoisotopic (exact) mass is 248 g/mol. The summed E-state index contributed by atoms with van der Waals surface area (Å²) in [7, 11) is 0. The number of rotatable bonds is 7. The maximum atomic E-state index is 5.52. The van der Waals surface area contributed by atoms with Crippen LogP contribution in [0.1, 0.15) is 4.88 Å². The maximum absolute atomic E-state index is 5.52. The molecule has 2 rings (SSSR count). The molecule has 0 saturated heterocycles. The summed E-state index contributed by atoms with van der Waals surface area (Å²) in [5.74, 6) is 0.826. The third-order valence-electron chi connectivity index (χ3n) is 2.31. The second-order valence-electron chi connectivity index (χ2n) is 3.62. The smallest absolute Gasteiger partial charge is 0.137 e. The predicted octanol–water partition coefficient (Wildman–Crippen LogP) is 2.35. The molecule has 0 amide bonds. The lowest BCUT2D eigenvalue weighted by molar-refractivity contribution is 0.313. The van der Waals surface area contributed by atoms with Crippen molar-refractivity contribution in [2.45, 2.75) is 6.42 Å². The van der Waals surface area contributed by atoms with Crippen molar-refractivity contribution in [3.8, 4) is 5.75 Å². The first kappa shape index (κ1) is 12.1. The second kappa shape index (κ2) is 7.04. The highest BCUT2D eigenvalue weighted by atomic mass is 32.1. The molecular weight excluding hydrogens is 232 g/mol. The Labute approximate surface area is 105 Å². The van der Waals surface area contributed by atoms with E-state index in [1.807, 2.05) is 12.1 Å². The van der Waals surface area contributed by atoms with Gasteiger partial charge in [0, 0.05) is 24.2 Å². The van der Waals surface area contributed by atoms with E-state index in [0.717, 1.165) is 25.3 Å². The Morgan fingerprint density at radius 1 is 1.24 bits per heavy atom. The van der Waals surface area contributed by atoms with Crippen LogP contribution in [0, 0.1) is 0 Å². The molecule has 2 aromatic rings. The molecular formula is C13H16N2OS. The number of thiophene rings is 1. The van der Waals surface area contributed by atoms with Gasteiger partial charge in [0.15, 0.2) is 0 Å². The molecule has 4 heteroatoms. The zero-order chi connectivity index (χ0) is 11.8. The van der Waals surface area contributed by atoms with Crippen LogP contribution in [-0.2, 0) is 6.42 Å². The number of pyridine rings is 1. The summed E-state index contributed by atoms with van der Waals surface area (Å²) < 4.78 is 5.52. The average Bonchev–Trinajstić information content (AvgIpc) is 2.88. The molecule has 1 N–H and O–H groups in total. The SMILES string of the molecule is c1cncc(OCCNCCc2cccs2)c1. The Balaban J connectivity index is 1.52. The summed E-state index contributed by atoms with van der Waals surface area (Å²) in [6.45, 7) is 2.54.